The molecule has 0 bridgehead atoms. The quantitative estimate of drug-likeness (QED) is 0.695. The predicted molar refractivity (Wildman–Crippen MR) is 105 cm³/mol. The normalized spacial score (nSPS) is 10.6. The van der Waals surface area contributed by atoms with Crippen LogP contribution in [0.5, 0.6) is 0 Å². The maximum Gasteiger partial charge on any atom is 0.274 e. The molecular weight excluding hydrogens is 343 g/mol. The van der Waals surface area contributed by atoms with Crippen molar-refractivity contribution in [2.75, 3.05) is 10.6 Å². The monoisotopic (exact) mass is 364 g/mol. The van der Waals surface area contributed by atoms with E-state index in [1.807, 2.05) is 32.9 Å². The Morgan fingerprint density at radius 3 is 2.19 bits per heavy atom. The first-order valence-electron chi connectivity index (χ1n) is 8.59. The van der Waals surface area contributed by atoms with Gasteiger partial charge in [-0.3, -0.25) is 4.79 Å². The zero-order chi connectivity index (χ0) is 19.6. The summed E-state index contributed by atoms with van der Waals surface area (Å²) in [5, 5.41) is 6.00. The largest absolute Gasteiger partial charge is 0.340 e. The Morgan fingerprint density at radius 1 is 0.926 bits per heavy atom. The molecule has 3 aromatic rings. The zero-order valence-corrected chi connectivity index (χ0v) is 15.7. The third kappa shape index (κ3) is 4.47. The van der Waals surface area contributed by atoms with Crippen LogP contribution in [0.25, 0.3) is 0 Å². The molecular formula is C21H21FN4O. The molecule has 0 atom stereocenters. The number of carbonyl (C=O) groups is 1. The lowest BCUT2D eigenvalue weighted by Crippen LogP contribution is -2.17. The van der Waals surface area contributed by atoms with Gasteiger partial charge in [-0.2, -0.15) is 0 Å². The number of nitrogens with one attached hydrogen (secondary N) is 2. The number of benzene rings is 2. The summed E-state index contributed by atoms with van der Waals surface area (Å²) in [6.07, 6.45) is 0. The molecule has 2 N–H and O–H groups in total. The molecule has 0 aliphatic rings. The minimum absolute atomic E-state index is 0.256. The minimum Gasteiger partial charge on any atom is -0.340 e. The highest BCUT2D eigenvalue weighted by molar-refractivity contribution is 6.04. The summed E-state index contributed by atoms with van der Waals surface area (Å²) in [6.45, 7) is 7.66. The predicted octanol–water partition coefficient (Wildman–Crippen LogP) is 4.85. The van der Waals surface area contributed by atoms with Gasteiger partial charge in [0.1, 0.15) is 23.2 Å². The molecule has 5 nitrogen and oxygen atoms in total. The van der Waals surface area contributed by atoms with Crippen LogP contribution in [0.2, 0.25) is 0 Å². The summed E-state index contributed by atoms with van der Waals surface area (Å²) in [6, 6.07) is 11.5. The number of rotatable bonds is 4. The van der Waals surface area contributed by atoms with Gasteiger partial charge in [0, 0.05) is 17.4 Å². The van der Waals surface area contributed by atoms with Gasteiger partial charge in [-0.05, 0) is 63.1 Å². The Balaban J connectivity index is 1.85. The second-order valence-electron chi connectivity index (χ2n) is 6.55. The van der Waals surface area contributed by atoms with E-state index in [0.29, 0.717) is 17.3 Å². The molecule has 0 spiro atoms. The second-order valence-corrected chi connectivity index (χ2v) is 6.55. The van der Waals surface area contributed by atoms with Crippen molar-refractivity contribution in [1.29, 1.82) is 0 Å². The van der Waals surface area contributed by atoms with Crippen molar-refractivity contribution < 1.29 is 9.18 Å². The topological polar surface area (TPSA) is 66.9 Å². The van der Waals surface area contributed by atoms with E-state index >= 15 is 0 Å². The summed E-state index contributed by atoms with van der Waals surface area (Å²) >= 11 is 0. The van der Waals surface area contributed by atoms with Crippen LogP contribution in [-0.4, -0.2) is 15.9 Å². The second kappa shape index (κ2) is 7.53. The first-order valence-corrected chi connectivity index (χ1v) is 8.59. The van der Waals surface area contributed by atoms with Gasteiger partial charge >= 0.3 is 0 Å². The van der Waals surface area contributed by atoms with Gasteiger partial charge in [0.15, 0.2) is 0 Å². The van der Waals surface area contributed by atoms with Crippen LogP contribution in [-0.2, 0) is 0 Å². The van der Waals surface area contributed by atoms with Crippen LogP contribution in [0.3, 0.4) is 0 Å². The average Bonchev–Trinajstić information content (AvgIpc) is 2.59. The van der Waals surface area contributed by atoms with Crippen molar-refractivity contribution in [2.24, 2.45) is 0 Å². The minimum atomic E-state index is -0.316. The van der Waals surface area contributed by atoms with Crippen LogP contribution in [0.15, 0.2) is 42.5 Å². The van der Waals surface area contributed by atoms with Crippen molar-refractivity contribution in [3.63, 3.8) is 0 Å². The molecule has 0 aliphatic heterocycles. The van der Waals surface area contributed by atoms with Gasteiger partial charge in [0.05, 0.1) is 0 Å². The van der Waals surface area contributed by atoms with Crippen molar-refractivity contribution in [3.8, 4) is 0 Å². The number of halogens is 1. The van der Waals surface area contributed by atoms with Gasteiger partial charge in [0.2, 0.25) is 0 Å². The number of amides is 1. The highest BCUT2D eigenvalue weighted by Crippen LogP contribution is 2.23. The third-order valence-electron chi connectivity index (χ3n) is 4.10. The molecule has 3 rings (SSSR count). The fraction of sp³-hybridized carbons (Fsp3) is 0.190. The van der Waals surface area contributed by atoms with Crippen LogP contribution >= 0.6 is 0 Å². The fourth-order valence-electron chi connectivity index (χ4n) is 2.98. The number of nitrogens with zero attached hydrogens (tertiary/aromatic N) is 2. The fourth-order valence-corrected chi connectivity index (χ4v) is 2.98. The van der Waals surface area contributed by atoms with Crippen LogP contribution in [0, 0.1) is 33.5 Å². The summed E-state index contributed by atoms with van der Waals surface area (Å²) < 4.78 is 13.1. The molecule has 0 fully saturated rings. The Kier molecular flexibility index (Phi) is 5.16. The van der Waals surface area contributed by atoms with Crippen molar-refractivity contribution in [3.05, 3.63) is 76.5 Å². The molecule has 2 aromatic carbocycles. The molecule has 0 aliphatic carbocycles. The van der Waals surface area contributed by atoms with E-state index in [2.05, 4.69) is 20.6 Å². The SMILES string of the molecule is Cc1cc(C)c(NC(=O)c2cc(Nc3ccc(F)cc3)nc(C)n2)c(C)c1. The van der Waals surface area contributed by atoms with Gasteiger partial charge in [-0.25, -0.2) is 14.4 Å². The summed E-state index contributed by atoms with van der Waals surface area (Å²) in [7, 11) is 0. The Bertz CT molecular complexity index is 977. The van der Waals surface area contributed by atoms with Gasteiger partial charge in [-0.15, -0.1) is 0 Å². The number of aryl methyl sites for hydroxylation is 4. The molecule has 0 unspecified atom stereocenters. The standard InChI is InChI=1S/C21H21FN4O/c1-12-9-13(2)20(14(3)10-12)26-21(27)18-11-19(24-15(4)23-18)25-17-7-5-16(22)6-8-17/h5-11H,1-4H3,(H,26,27)(H,23,24,25). The molecule has 6 heteroatoms. The lowest BCUT2D eigenvalue weighted by molar-refractivity contribution is 0.102. The Labute approximate surface area is 157 Å². The number of hydrogen-bond donors (Lipinski definition) is 2. The Morgan fingerprint density at radius 2 is 1.56 bits per heavy atom. The van der Waals surface area contributed by atoms with E-state index in [4.69, 9.17) is 0 Å². The highest BCUT2D eigenvalue weighted by atomic mass is 19.1. The lowest BCUT2D eigenvalue weighted by atomic mass is 10.0. The zero-order valence-electron chi connectivity index (χ0n) is 15.7. The first-order chi connectivity index (χ1) is 12.8. The number of carbonyl (C=O) groups excluding carboxylic acids is 1. The smallest absolute Gasteiger partial charge is 0.274 e. The van der Waals surface area contributed by atoms with E-state index in [1.54, 1.807) is 25.1 Å². The highest BCUT2D eigenvalue weighted by Gasteiger charge is 2.14. The van der Waals surface area contributed by atoms with Crippen LogP contribution < -0.4 is 10.6 Å². The summed E-state index contributed by atoms with van der Waals surface area (Å²) in [5.41, 5.74) is 4.85. The molecule has 27 heavy (non-hydrogen) atoms. The molecule has 0 radical (unpaired) electrons. The molecule has 0 saturated heterocycles. The maximum atomic E-state index is 13.1. The lowest BCUT2D eigenvalue weighted by Gasteiger charge is -2.13. The van der Waals surface area contributed by atoms with E-state index in [-0.39, 0.29) is 17.4 Å². The Hall–Kier alpha value is -3.28. The first kappa shape index (κ1) is 18.5. The van der Waals surface area contributed by atoms with Gasteiger partial charge < -0.3 is 10.6 Å². The molecule has 138 valence electrons. The number of hydrogen-bond acceptors (Lipinski definition) is 4. The number of anilines is 3. The van der Waals surface area contributed by atoms with Crippen molar-refractivity contribution in [1.82, 2.24) is 9.97 Å². The van der Waals surface area contributed by atoms with Crippen LogP contribution in [0.1, 0.15) is 33.0 Å². The van der Waals surface area contributed by atoms with Crippen molar-refractivity contribution in [2.45, 2.75) is 27.7 Å². The number of aromatic nitrogens is 2. The molecule has 1 aromatic heterocycles. The van der Waals surface area contributed by atoms with Gasteiger partial charge in [-0.1, -0.05) is 17.7 Å². The average molecular weight is 364 g/mol. The van der Waals surface area contributed by atoms with E-state index < -0.39 is 0 Å². The molecule has 1 amide bonds. The van der Waals surface area contributed by atoms with E-state index in [9.17, 15) is 9.18 Å². The van der Waals surface area contributed by atoms with E-state index in [1.165, 1.54) is 12.1 Å². The summed E-state index contributed by atoms with van der Waals surface area (Å²) in [5.74, 6) is 0.308. The van der Waals surface area contributed by atoms with Crippen LogP contribution in [0.4, 0.5) is 21.6 Å². The maximum absolute atomic E-state index is 13.1. The molecule has 0 saturated carbocycles. The van der Waals surface area contributed by atoms with Gasteiger partial charge in [0.25, 0.3) is 5.91 Å². The summed E-state index contributed by atoms with van der Waals surface area (Å²) in [4.78, 5) is 21.3. The van der Waals surface area contributed by atoms with E-state index in [0.717, 1.165) is 22.4 Å². The molecule has 1 heterocycles. The van der Waals surface area contributed by atoms with Crippen molar-refractivity contribution >= 4 is 23.1 Å². The third-order valence-corrected chi connectivity index (χ3v) is 4.10.